The van der Waals surface area contributed by atoms with Crippen LogP contribution in [0.3, 0.4) is 0 Å². The third-order valence-corrected chi connectivity index (χ3v) is 2.86. The zero-order valence-corrected chi connectivity index (χ0v) is 12.6. The minimum absolute atomic E-state index is 0.0532. The number of aliphatic carboxylic acids is 1. The Morgan fingerprint density at radius 1 is 1.24 bits per heavy atom. The highest BCUT2D eigenvalue weighted by Gasteiger charge is 2.21. The van der Waals surface area contributed by atoms with Gasteiger partial charge in [0.2, 0.25) is 5.91 Å². The minimum atomic E-state index is -0.959. The lowest BCUT2D eigenvalue weighted by Gasteiger charge is -2.17. The average molecular weight is 294 g/mol. The van der Waals surface area contributed by atoms with Crippen molar-refractivity contribution in [2.75, 3.05) is 18.5 Å². The van der Waals surface area contributed by atoms with Gasteiger partial charge in [-0.1, -0.05) is 13.8 Å². The van der Waals surface area contributed by atoms with Gasteiger partial charge in [0.15, 0.2) is 0 Å². The molecule has 0 radical (unpaired) electrons. The largest absolute Gasteiger partial charge is 0.494 e. The van der Waals surface area contributed by atoms with Gasteiger partial charge in [-0.05, 0) is 37.1 Å². The highest BCUT2D eigenvalue weighted by molar-refractivity contribution is 5.92. The van der Waals surface area contributed by atoms with Crippen LogP contribution in [0, 0.1) is 5.92 Å². The Morgan fingerprint density at radius 2 is 1.86 bits per heavy atom. The van der Waals surface area contributed by atoms with E-state index in [1.54, 1.807) is 38.1 Å². The molecule has 1 aromatic rings. The van der Waals surface area contributed by atoms with Gasteiger partial charge in [-0.2, -0.15) is 0 Å². The van der Waals surface area contributed by atoms with Gasteiger partial charge < -0.3 is 15.2 Å². The van der Waals surface area contributed by atoms with Crippen LogP contribution in [0.25, 0.3) is 0 Å². The molecule has 1 amide bonds. The maximum absolute atomic E-state index is 11.8. The first-order valence-electron chi connectivity index (χ1n) is 6.93. The van der Waals surface area contributed by atoms with Crippen molar-refractivity contribution in [3.8, 4) is 5.75 Å². The van der Waals surface area contributed by atoms with Gasteiger partial charge in [-0.15, -0.1) is 0 Å². The van der Waals surface area contributed by atoms with Crippen molar-refractivity contribution in [2.45, 2.75) is 26.8 Å². The molecule has 1 unspecified atom stereocenters. The van der Waals surface area contributed by atoms with E-state index in [9.17, 15) is 9.59 Å². The maximum atomic E-state index is 11.8. The van der Waals surface area contributed by atoms with Crippen molar-refractivity contribution in [3.05, 3.63) is 24.3 Å². The maximum Gasteiger partial charge on any atom is 0.320 e. The quantitative estimate of drug-likeness (QED) is 0.679. The third kappa shape index (κ3) is 5.83. The molecule has 1 aromatic carbocycles. The molecule has 0 bridgehead atoms. The monoisotopic (exact) mass is 294 g/mol. The summed E-state index contributed by atoms with van der Waals surface area (Å²) in [6, 6.07) is 6.26. The molecule has 1 rings (SSSR count). The van der Waals surface area contributed by atoms with Crippen molar-refractivity contribution in [2.24, 2.45) is 5.92 Å². The van der Waals surface area contributed by atoms with Crippen molar-refractivity contribution in [1.82, 2.24) is 5.32 Å². The van der Waals surface area contributed by atoms with Crippen LogP contribution in [0.15, 0.2) is 24.3 Å². The highest BCUT2D eigenvalue weighted by Crippen LogP contribution is 2.15. The number of anilines is 1. The van der Waals surface area contributed by atoms with Crippen LogP contribution < -0.4 is 15.4 Å². The number of hydrogen-bond acceptors (Lipinski definition) is 4. The summed E-state index contributed by atoms with van der Waals surface area (Å²) in [5.74, 6) is -0.606. The number of amides is 1. The van der Waals surface area contributed by atoms with E-state index < -0.39 is 12.0 Å². The molecule has 0 spiro atoms. The summed E-state index contributed by atoms with van der Waals surface area (Å²) >= 11 is 0. The average Bonchev–Trinajstić information content (AvgIpc) is 2.40. The number of rotatable bonds is 8. The van der Waals surface area contributed by atoms with E-state index in [0.29, 0.717) is 12.3 Å². The summed E-state index contributed by atoms with van der Waals surface area (Å²) < 4.78 is 5.31. The Morgan fingerprint density at radius 3 is 2.33 bits per heavy atom. The molecule has 6 heteroatoms. The summed E-state index contributed by atoms with van der Waals surface area (Å²) in [7, 11) is 0. The summed E-state index contributed by atoms with van der Waals surface area (Å²) in [6.07, 6.45) is 0. The predicted octanol–water partition coefficient (Wildman–Crippen LogP) is 1.72. The fourth-order valence-electron chi connectivity index (χ4n) is 1.82. The van der Waals surface area contributed by atoms with E-state index in [2.05, 4.69) is 10.6 Å². The van der Waals surface area contributed by atoms with Crippen LogP contribution >= 0.6 is 0 Å². The first kappa shape index (κ1) is 17.0. The first-order valence-corrected chi connectivity index (χ1v) is 6.93. The van der Waals surface area contributed by atoms with Gasteiger partial charge in [0.05, 0.1) is 13.2 Å². The Bertz CT molecular complexity index is 471. The van der Waals surface area contributed by atoms with E-state index in [4.69, 9.17) is 9.84 Å². The van der Waals surface area contributed by atoms with Crippen LogP contribution in [-0.4, -0.2) is 36.2 Å². The fraction of sp³-hybridized carbons (Fsp3) is 0.467. The number of benzene rings is 1. The number of carboxylic acids is 1. The zero-order chi connectivity index (χ0) is 15.8. The van der Waals surface area contributed by atoms with Gasteiger partial charge in [-0.25, -0.2) is 0 Å². The number of ether oxygens (including phenoxy) is 1. The molecule has 0 saturated heterocycles. The van der Waals surface area contributed by atoms with Crippen molar-refractivity contribution >= 4 is 17.6 Å². The lowest BCUT2D eigenvalue weighted by molar-refractivity contribution is -0.140. The normalized spacial score (nSPS) is 12.0. The molecule has 3 N–H and O–H groups in total. The van der Waals surface area contributed by atoms with Crippen LogP contribution in [0.2, 0.25) is 0 Å². The number of carbonyl (C=O) groups excluding carboxylic acids is 1. The van der Waals surface area contributed by atoms with E-state index in [1.807, 2.05) is 6.92 Å². The van der Waals surface area contributed by atoms with E-state index in [-0.39, 0.29) is 18.4 Å². The van der Waals surface area contributed by atoms with Gasteiger partial charge >= 0.3 is 5.97 Å². The standard InChI is InChI=1S/C15H22N2O4/c1-4-21-12-7-5-11(6-8-12)17-13(18)9-16-14(10(2)3)15(19)20/h5-8,10,14,16H,4,9H2,1-3H3,(H,17,18)(H,19,20). The summed E-state index contributed by atoms with van der Waals surface area (Å²) in [5, 5.41) is 14.4. The molecule has 116 valence electrons. The number of carboxylic acid groups (broad SMARTS) is 1. The van der Waals surface area contributed by atoms with Crippen molar-refractivity contribution < 1.29 is 19.4 Å². The van der Waals surface area contributed by atoms with Crippen LogP contribution in [0.1, 0.15) is 20.8 Å². The zero-order valence-electron chi connectivity index (χ0n) is 12.6. The minimum Gasteiger partial charge on any atom is -0.494 e. The second-order valence-electron chi connectivity index (χ2n) is 4.95. The number of nitrogens with one attached hydrogen (secondary N) is 2. The molecular formula is C15H22N2O4. The SMILES string of the molecule is CCOc1ccc(NC(=O)CNC(C(=O)O)C(C)C)cc1. The Hall–Kier alpha value is -2.08. The third-order valence-electron chi connectivity index (χ3n) is 2.86. The lowest BCUT2D eigenvalue weighted by atomic mass is 10.1. The van der Waals surface area contributed by atoms with Crippen LogP contribution in [-0.2, 0) is 9.59 Å². The fourth-order valence-corrected chi connectivity index (χ4v) is 1.82. The van der Waals surface area contributed by atoms with Crippen molar-refractivity contribution in [3.63, 3.8) is 0 Å². The molecular weight excluding hydrogens is 272 g/mol. The first-order chi connectivity index (χ1) is 9.93. The van der Waals surface area contributed by atoms with E-state index in [1.165, 1.54) is 0 Å². The number of carbonyl (C=O) groups is 2. The smallest absolute Gasteiger partial charge is 0.320 e. The highest BCUT2D eigenvalue weighted by atomic mass is 16.5. The molecule has 0 heterocycles. The summed E-state index contributed by atoms with van der Waals surface area (Å²) in [6.45, 7) is 6.00. The summed E-state index contributed by atoms with van der Waals surface area (Å²) in [5.41, 5.74) is 0.640. The molecule has 6 nitrogen and oxygen atoms in total. The van der Waals surface area contributed by atoms with Crippen LogP contribution in [0.4, 0.5) is 5.69 Å². The topological polar surface area (TPSA) is 87.7 Å². The molecule has 0 fully saturated rings. The predicted molar refractivity (Wildman–Crippen MR) is 80.5 cm³/mol. The van der Waals surface area contributed by atoms with Gasteiger partial charge in [0, 0.05) is 5.69 Å². The molecule has 0 aliphatic carbocycles. The second kappa shape index (κ2) is 8.26. The van der Waals surface area contributed by atoms with Crippen LogP contribution in [0.5, 0.6) is 5.75 Å². The number of hydrogen-bond donors (Lipinski definition) is 3. The van der Waals surface area contributed by atoms with E-state index >= 15 is 0 Å². The Balaban J connectivity index is 2.48. The Kier molecular flexibility index (Phi) is 6.68. The molecule has 0 saturated carbocycles. The van der Waals surface area contributed by atoms with Gasteiger partial charge in [0.1, 0.15) is 11.8 Å². The molecule has 0 aliphatic rings. The van der Waals surface area contributed by atoms with E-state index in [0.717, 1.165) is 5.75 Å². The molecule has 1 atom stereocenters. The molecule has 0 aliphatic heterocycles. The Labute approximate surface area is 124 Å². The lowest BCUT2D eigenvalue weighted by Crippen LogP contribution is -2.44. The van der Waals surface area contributed by atoms with Gasteiger partial charge in [-0.3, -0.25) is 14.9 Å². The molecule has 0 aromatic heterocycles. The molecule has 21 heavy (non-hydrogen) atoms. The second-order valence-corrected chi connectivity index (χ2v) is 4.95. The van der Waals surface area contributed by atoms with Gasteiger partial charge in [0.25, 0.3) is 0 Å². The summed E-state index contributed by atoms with van der Waals surface area (Å²) in [4.78, 5) is 22.8. The van der Waals surface area contributed by atoms with Crippen molar-refractivity contribution in [1.29, 1.82) is 0 Å².